The summed E-state index contributed by atoms with van der Waals surface area (Å²) in [6, 6.07) is 28.1. The molecule has 5 rings (SSSR count). The van der Waals surface area contributed by atoms with E-state index in [1.807, 2.05) is 60.7 Å². The molecule has 0 aromatic heterocycles. The Bertz CT molecular complexity index is 1550. The molecule has 8 heteroatoms. The summed E-state index contributed by atoms with van der Waals surface area (Å²) in [5, 5.41) is 4.60. The first kappa shape index (κ1) is 25.1. The highest BCUT2D eigenvalue weighted by Crippen LogP contribution is 2.35. The molecule has 0 unspecified atom stereocenters. The molecule has 4 aromatic rings. The molecule has 4 aromatic carbocycles. The highest BCUT2D eigenvalue weighted by molar-refractivity contribution is 8.18. The van der Waals surface area contributed by atoms with Gasteiger partial charge in [-0.15, -0.1) is 0 Å². The number of nitrogens with zero attached hydrogens (tertiary/aromatic N) is 1. The third kappa shape index (κ3) is 5.71. The molecule has 0 spiro atoms. The molecule has 0 bridgehead atoms. The second-order valence-electron chi connectivity index (χ2n) is 8.56. The highest BCUT2D eigenvalue weighted by Gasteiger charge is 2.35. The first-order chi connectivity index (χ1) is 18.5. The minimum absolute atomic E-state index is 0.196. The van der Waals surface area contributed by atoms with E-state index in [-0.39, 0.29) is 30.2 Å². The minimum Gasteiger partial charge on any atom is -0.493 e. The Morgan fingerprint density at radius 1 is 0.895 bits per heavy atom. The number of anilines is 1. The summed E-state index contributed by atoms with van der Waals surface area (Å²) < 4.78 is 11.1. The van der Waals surface area contributed by atoms with Crippen molar-refractivity contribution in [3.8, 4) is 11.5 Å². The maximum absolute atomic E-state index is 13.1. The number of benzene rings is 4. The molecular weight excluding hydrogens is 500 g/mol. The summed E-state index contributed by atoms with van der Waals surface area (Å²) in [4.78, 5) is 39.5. The summed E-state index contributed by atoms with van der Waals surface area (Å²) in [5.41, 5.74) is 2.23. The number of thioether (sulfide) groups is 1. The monoisotopic (exact) mass is 524 g/mol. The fourth-order valence-electron chi connectivity index (χ4n) is 4.06. The van der Waals surface area contributed by atoms with Crippen molar-refractivity contribution in [2.24, 2.45) is 0 Å². The van der Waals surface area contributed by atoms with Crippen molar-refractivity contribution in [3.63, 3.8) is 0 Å². The molecular formula is C30H24N2O5S. The molecule has 1 fully saturated rings. The van der Waals surface area contributed by atoms with E-state index in [0.29, 0.717) is 27.7 Å². The number of hydrogen-bond acceptors (Lipinski definition) is 6. The minimum atomic E-state index is -0.343. The number of methoxy groups -OCH3 is 1. The van der Waals surface area contributed by atoms with Gasteiger partial charge in [0.25, 0.3) is 17.1 Å². The molecule has 7 nitrogen and oxygen atoms in total. The van der Waals surface area contributed by atoms with Gasteiger partial charge in [0.15, 0.2) is 18.1 Å². The highest BCUT2D eigenvalue weighted by atomic mass is 32.2. The molecule has 1 aliphatic heterocycles. The third-order valence-corrected chi connectivity index (χ3v) is 6.84. The molecule has 1 heterocycles. The molecule has 1 saturated heterocycles. The van der Waals surface area contributed by atoms with Gasteiger partial charge in [-0.2, -0.15) is 0 Å². The first-order valence-corrected chi connectivity index (χ1v) is 12.7. The fourth-order valence-corrected chi connectivity index (χ4v) is 4.90. The maximum Gasteiger partial charge on any atom is 0.293 e. The number of carbonyl (C=O) groups excluding carboxylic acids is 3. The third-order valence-electron chi connectivity index (χ3n) is 5.93. The van der Waals surface area contributed by atoms with Crippen molar-refractivity contribution in [2.75, 3.05) is 19.0 Å². The summed E-state index contributed by atoms with van der Waals surface area (Å²) in [6.45, 7) is 0.00620. The number of nitrogens with one attached hydrogen (secondary N) is 1. The summed E-state index contributed by atoms with van der Waals surface area (Å²) in [5.74, 6) is 0.145. The predicted molar refractivity (Wildman–Crippen MR) is 149 cm³/mol. The topological polar surface area (TPSA) is 84.9 Å². The number of ether oxygens (including phenoxy) is 2. The predicted octanol–water partition coefficient (Wildman–Crippen LogP) is 6.10. The van der Waals surface area contributed by atoms with Crippen LogP contribution in [0.3, 0.4) is 0 Å². The van der Waals surface area contributed by atoms with Crippen LogP contribution in [0.25, 0.3) is 16.8 Å². The fraction of sp³-hybridized carbons (Fsp3) is 0.100. The van der Waals surface area contributed by atoms with Crippen molar-refractivity contribution in [2.45, 2.75) is 6.54 Å². The number of hydrogen-bond donors (Lipinski definition) is 1. The number of para-hydroxylation sites is 1. The number of carbonyl (C=O) groups is 3. The van der Waals surface area contributed by atoms with Crippen LogP contribution >= 0.6 is 11.8 Å². The van der Waals surface area contributed by atoms with E-state index in [1.54, 1.807) is 36.4 Å². The van der Waals surface area contributed by atoms with Crippen LogP contribution in [0, 0.1) is 0 Å². The molecule has 1 aliphatic rings. The lowest BCUT2D eigenvalue weighted by atomic mass is 10.1. The van der Waals surface area contributed by atoms with Crippen LogP contribution < -0.4 is 14.8 Å². The van der Waals surface area contributed by atoms with Crippen LogP contribution in [-0.2, 0) is 16.1 Å². The van der Waals surface area contributed by atoms with Crippen molar-refractivity contribution in [1.82, 2.24) is 4.90 Å². The smallest absolute Gasteiger partial charge is 0.293 e. The molecule has 3 amide bonds. The summed E-state index contributed by atoms with van der Waals surface area (Å²) in [6.07, 6.45) is 1.65. The van der Waals surface area contributed by atoms with E-state index in [0.717, 1.165) is 28.1 Å². The van der Waals surface area contributed by atoms with E-state index in [4.69, 9.17) is 9.47 Å². The van der Waals surface area contributed by atoms with E-state index in [1.165, 1.54) is 12.0 Å². The van der Waals surface area contributed by atoms with Crippen molar-refractivity contribution in [3.05, 3.63) is 107 Å². The Balaban J connectivity index is 1.26. The van der Waals surface area contributed by atoms with Gasteiger partial charge in [-0.1, -0.05) is 60.7 Å². The van der Waals surface area contributed by atoms with Gasteiger partial charge in [-0.25, -0.2) is 0 Å². The van der Waals surface area contributed by atoms with E-state index in [2.05, 4.69) is 5.32 Å². The van der Waals surface area contributed by atoms with Gasteiger partial charge in [-0.05, 0) is 70.1 Å². The summed E-state index contributed by atoms with van der Waals surface area (Å²) >= 11 is 0.906. The largest absolute Gasteiger partial charge is 0.493 e. The van der Waals surface area contributed by atoms with E-state index >= 15 is 0 Å². The zero-order valence-corrected chi connectivity index (χ0v) is 21.4. The van der Waals surface area contributed by atoms with E-state index in [9.17, 15) is 14.4 Å². The maximum atomic E-state index is 13.1. The van der Waals surface area contributed by atoms with Gasteiger partial charge in [-0.3, -0.25) is 19.3 Å². The van der Waals surface area contributed by atoms with Gasteiger partial charge in [0.2, 0.25) is 0 Å². The summed E-state index contributed by atoms with van der Waals surface area (Å²) in [7, 11) is 1.49. The number of amides is 3. The van der Waals surface area contributed by atoms with Crippen LogP contribution in [0.1, 0.15) is 11.1 Å². The standard InChI is InChI=1S/C30H24N2O5S/c1-36-26-16-20(12-14-25(26)37-19-28(33)31-24-9-3-2-4-10-24)17-27-29(34)32(30(35)38-27)18-21-11-13-22-7-5-6-8-23(22)15-21/h2-17H,18-19H2,1H3,(H,31,33)/b27-17+. The Kier molecular flexibility index (Phi) is 7.42. The van der Waals surface area contributed by atoms with Crippen LogP contribution in [0.4, 0.5) is 10.5 Å². The zero-order valence-electron chi connectivity index (χ0n) is 20.5. The molecule has 0 radical (unpaired) electrons. The Morgan fingerprint density at radius 2 is 1.66 bits per heavy atom. The first-order valence-electron chi connectivity index (χ1n) is 11.9. The zero-order chi connectivity index (χ0) is 26.5. The lowest BCUT2D eigenvalue weighted by Crippen LogP contribution is -2.27. The Labute approximate surface area is 224 Å². The Morgan fingerprint density at radius 3 is 2.45 bits per heavy atom. The molecule has 38 heavy (non-hydrogen) atoms. The van der Waals surface area contributed by atoms with E-state index < -0.39 is 0 Å². The molecule has 0 saturated carbocycles. The normalized spacial score (nSPS) is 14.2. The molecule has 0 atom stereocenters. The van der Waals surface area contributed by atoms with Crippen LogP contribution in [0.2, 0.25) is 0 Å². The molecule has 190 valence electrons. The lowest BCUT2D eigenvalue weighted by Gasteiger charge is -2.13. The lowest BCUT2D eigenvalue weighted by molar-refractivity contribution is -0.123. The SMILES string of the molecule is COc1cc(/C=C2/SC(=O)N(Cc3ccc4ccccc4c3)C2=O)ccc1OCC(=O)Nc1ccccc1. The van der Waals surface area contributed by atoms with Crippen molar-refractivity contribution >= 4 is 51.4 Å². The average molecular weight is 525 g/mol. The van der Waals surface area contributed by atoms with Gasteiger partial charge in [0.1, 0.15) is 0 Å². The van der Waals surface area contributed by atoms with Crippen LogP contribution in [-0.4, -0.2) is 35.7 Å². The van der Waals surface area contributed by atoms with Gasteiger partial charge >= 0.3 is 0 Å². The molecule has 1 N–H and O–H groups in total. The Hall–Kier alpha value is -4.56. The number of imide groups is 1. The average Bonchev–Trinajstić information content (AvgIpc) is 3.19. The van der Waals surface area contributed by atoms with Crippen LogP contribution in [0.15, 0.2) is 95.9 Å². The number of fused-ring (bicyclic) bond motifs is 1. The molecule has 0 aliphatic carbocycles. The van der Waals surface area contributed by atoms with Crippen molar-refractivity contribution in [1.29, 1.82) is 0 Å². The number of rotatable bonds is 8. The second kappa shape index (κ2) is 11.2. The van der Waals surface area contributed by atoms with Gasteiger partial charge in [0, 0.05) is 5.69 Å². The second-order valence-corrected chi connectivity index (χ2v) is 9.56. The van der Waals surface area contributed by atoms with Gasteiger partial charge < -0.3 is 14.8 Å². The van der Waals surface area contributed by atoms with Crippen LogP contribution in [0.5, 0.6) is 11.5 Å². The van der Waals surface area contributed by atoms with Gasteiger partial charge in [0.05, 0.1) is 18.6 Å². The van der Waals surface area contributed by atoms with Crippen molar-refractivity contribution < 1.29 is 23.9 Å². The quantitative estimate of drug-likeness (QED) is 0.280.